The fourth-order valence-electron chi connectivity index (χ4n) is 2.50. The predicted octanol–water partition coefficient (Wildman–Crippen LogP) is 3.37. The van der Waals surface area contributed by atoms with Gasteiger partial charge in [-0.05, 0) is 12.5 Å². The first kappa shape index (κ1) is 15.0. The average Bonchev–Trinajstić information content (AvgIpc) is 2.56. The van der Waals surface area contributed by atoms with E-state index in [2.05, 4.69) is 33.2 Å². The summed E-state index contributed by atoms with van der Waals surface area (Å²) in [5, 5.41) is 13.9. The van der Waals surface area contributed by atoms with E-state index in [9.17, 15) is 10.1 Å². The van der Waals surface area contributed by atoms with Gasteiger partial charge in [0.1, 0.15) is 5.82 Å². The lowest BCUT2D eigenvalue weighted by Gasteiger charge is -2.26. The van der Waals surface area contributed by atoms with Gasteiger partial charge >= 0.3 is 0 Å². The largest absolute Gasteiger partial charge is 0.352 e. The summed E-state index contributed by atoms with van der Waals surface area (Å²) in [5.74, 6) is 1.32. The maximum atomic E-state index is 10.8. The van der Waals surface area contributed by atoms with Crippen LogP contribution in [0.25, 0.3) is 6.08 Å². The van der Waals surface area contributed by atoms with Crippen molar-refractivity contribution in [2.45, 2.75) is 13.3 Å². The van der Waals surface area contributed by atoms with E-state index in [0.29, 0.717) is 11.6 Å². The Morgan fingerprint density at radius 1 is 1.43 bits per heavy atom. The molecule has 1 aliphatic heterocycles. The molecule has 0 aliphatic carbocycles. The fraction of sp³-hybridized carbons (Fsp3) is 0.250. The normalized spacial score (nSPS) is 12.8. The van der Waals surface area contributed by atoms with Crippen molar-refractivity contribution in [1.82, 2.24) is 9.97 Å². The molecule has 0 bridgehead atoms. The van der Waals surface area contributed by atoms with Crippen molar-refractivity contribution in [3.63, 3.8) is 0 Å². The molecule has 0 amide bonds. The Labute approximate surface area is 133 Å². The summed E-state index contributed by atoms with van der Waals surface area (Å²) in [5.41, 5.74) is 1.60. The minimum Gasteiger partial charge on any atom is -0.352 e. The number of non-ortho nitro benzene ring substituents is 1. The number of rotatable bonds is 5. The van der Waals surface area contributed by atoms with Crippen molar-refractivity contribution in [1.29, 1.82) is 0 Å². The Morgan fingerprint density at radius 3 is 3.09 bits per heavy atom. The lowest BCUT2D eigenvalue weighted by atomic mass is 10.2. The molecular weight excluding hydrogens is 294 g/mol. The summed E-state index contributed by atoms with van der Waals surface area (Å²) < 4.78 is 0. The van der Waals surface area contributed by atoms with E-state index in [1.165, 1.54) is 12.1 Å². The summed E-state index contributed by atoms with van der Waals surface area (Å²) in [6.07, 6.45) is 6.90. The third kappa shape index (κ3) is 3.28. The molecule has 0 fully saturated rings. The van der Waals surface area contributed by atoms with Crippen LogP contribution in [0.2, 0.25) is 0 Å². The van der Waals surface area contributed by atoms with Gasteiger partial charge in [0.15, 0.2) is 0 Å². The lowest BCUT2D eigenvalue weighted by molar-refractivity contribution is -0.384. The molecule has 1 aromatic heterocycles. The van der Waals surface area contributed by atoms with Crippen LogP contribution in [0.3, 0.4) is 0 Å². The average molecular weight is 311 g/mol. The van der Waals surface area contributed by atoms with Crippen LogP contribution in [0.15, 0.2) is 36.5 Å². The molecule has 2 aromatic rings. The number of nitro groups is 1. The van der Waals surface area contributed by atoms with Gasteiger partial charge in [0, 0.05) is 42.7 Å². The van der Waals surface area contributed by atoms with Gasteiger partial charge in [-0.25, -0.2) is 4.98 Å². The first-order chi connectivity index (χ1) is 11.2. The highest BCUT2D eigenvalue weighted by atomic mass is 16.6. The van der Waals surface area contributed by atoms with Crippen molar-refractivity contribution in [2.75, 3.05) is 23.3 Å². The summed E-state index contributed by atoms with van der Waals surface area (Å²) in [4.78, 5) is 21.5. The molecule has 0 radical (unpaired) electrons. The van der Waals surface area contributed by atoms with Crippen molar-refractivity contribution >= 4 is 29.2 Å². The minimum atomic E-state index is -0.424. The Balaban J connectivity index is 1.87. The second kappa shape index (κ2) is 6.43. The molecule has 0 spiro atoms. The predicted molar refractivity (Wildman–Crippen MR) is 89.9 cm³/mol. The van der Waals surface area contributed by atoms with Gasteiger partial charge in [0.05, 0.1) is 4.92 Å². The first-order valence-corrected chi connectivity index (χ1v) is 7.47. The van der Waals surface area contributed by atoms with Crippen LogP contribution in [0.4, 0.5) is 23.1 Å². The molecule has 1 aromatic carbocycles. The Kier molecular flexibility index (Phi) is 4.18. The molecule has 2 heterocycles. The summed E-state index contributed by atoms with van der Waals surface area (Å²) >= 11 is 0. The number of aromatic nitrogens is 2. The molecule has 0 atom stereocenters. The van der Waals surface area contributed by atoms with Gasteiger partial charge in [-0.2, -0.15) is 4.98 Å². The van der Waals surface area contributed by atoms with Crippen molar-refractivity contribution < 1.29 is 4.92 Å². The number of hydrogen-bond donors (Lipinski definition) is 1. The van der Waals surface area contributed by atoms with Gasteiger partial charge in [0.25, 0.3) is 5.69 Å². The van der Waals surface area contributed by atoms with Gasteiger partial charge in [0.2, 0.25) is 5.95 Å². The number of benzene rings is 1. The molecule has 1 N–H and O–H groups in total. The molecular formula is C16H17N5O2. The monoisotopic (exact) mass is 311 g/mol. The molecule has 0 unspecified atom stereocenters. The topological polar surface area (TPSA) is 84.2 Å². The van der Waals surface area contributed by atoms with Crippen molar-refractivity contribution in [3.05, 3.63) is 52.2 Å². The van der Waals surface area contributed by atoms with Crippen LogP contribution in [0.5, 0.6) is 0 Å². The zero-order valence-electron chi connectivity index (χ0n) is 12.8. The minimum absolute atomic E-state index is 0.0310. The molecule has 3 rings (SSSR count). The van der Waals surface area contributed by atoms with Crippen LogP contribution in [0.1, 0.15) is 18.9 Å². The maximum Gasteiger partial charge on any atom is 0.271 e. The van der Waals surface area contributed by atoms with Gasteiger partial charge in [-0.1, -0.05) is 25.1 Å². The third-order valence-electron chi connectivity index (χ3n) is 3.53. The van der Waals surface area contributed by atoms with E-state index in [1.54, 1.807) is 18.3 Å². The number of nitrogens with zero attached hydrogens (tertiary/aromatic N) is 4. The Bertz CT molecular complexity index is 760. The lowest BCUT2D eigenvalue weighted by Crippen LogP contribution is -2.28. The van der Waals surface area contributed by atoms with Crippen molar-refractivity contribution in [2.24, 2.45) is 0 Å². The smallest absolute Gasteiger partial charge is 0.271 e. The Morgan fingerprint density at radius 2 is 2.30 bits per heavy atom. The summed E-state index contributed by atoms with van der Waals surface area (Å²) in [6.45, 7) is 3.88. The van der Waals surface area contributed by atoms with E-state index < -0.39 is 4.92 Å². The number of nitrogens with one attached hydrogen (secondary N) is 1. The van der Waals surface area contributed by atoms with Crippen LogP contribution in [0, 0.1) is 10.1 Å². The van der Waals surface area contributed by atoms with Crippen LogP contribution < -0.4 is 10.2 Å². The summed E-state index contributed by atoms with van der Waals surface area (Å²) in [6, 6.07) is 6.30. The van der Waals surface area contributed by atoms with Crippen molar-refractivity contribution in [3.8, 4) is 0 Å². The molecule has 23 heavy (non-hydrogen) atoms. The van der Waals surface area contributed by atoms with E-state index in [4.69, 9.17) is 0 Å². The number of nitro benzene ring substituents is 1. The SMILES string of the molecule is CCCN1CC=Cc2cnc(Nc3cccc([N+](=O)[O-])c3)nc21. The molecule has 7 heteroatoms. The standard InChI is InChI=1S/C16H17N5O2/c1-2-8-20-9-4-5-12-11-17-16(19-15(12)20)18-13-6-3-7-14(10-13)21(22)23/h3-7,10-11H,2,8-9H2,1H3,(H,17,18,19). The number of fused-ring (bicyclic) bond motifs is 1. The second-order valence-corrected chi connectivity index (χ2v) is 5.25. The Hall–Kier alpha value is -2.96. The number of hydrogen-bond acceptors (Lipinski definition) is 6. The molecule has 7 nitrogen and oxygen atoms in total. The molecule has 118 valence electrons. The third-order valence-corrected chi connectivity index (χ3v) is 3.53. The van der Waals surface area contributed by atoms with E-state index in [0.717, 1.165) is 30.9 Å². The second-order valence-electron chi connectivity index (χ2n) is 5.25. The number of anilines is 3. The highest BCUT2D eigenvalue weighted by molar-refractivity contribution is 5.69. The van der Waals surface area contributed by atoms with Crippen LogP contribution in [-0.2, 0) is 0 Å². The highest BCUT2D eigenvalue weighted by Gasteiger charge is 2.15. The van der Waals surface area contributed by atoms with Crippen LogP contribution in [-0.4, -0.2) is 28.0 Å². The van der Waals surface area contributed by atoms with E-state index >= 15 is 0 Å². The first-order valence-electron chi connectivity index (χ1n) is 7.47. The van der Waals surface area contributed by atoms with E-state index in [1.807, 2.05) is 6.08 Å². The maximum absolute atomic E-state index is 10.8. The molecule has 1 aliphatic rings. The fourth-order valence-corrected chi connectivity index (χ4v) is 2.50. The zero-order valence-corrected chi connectivity index (χ0v) is 12.8. The van der Waals surface area contributed by atoms with Gasteiger partial charge in [-0.3, -0.25) is 10.1 Å². The van der Waals surface area contributed by atoms with Crippen LogP contribution >= 0.6 is 0 Å². The summed E-state index contributed by atoms with van der Waals surface area (Å²) in [7, 11) is 0. The molecule has 0 saturated carbocycles. The van der Waals surface area contributed by atoms with Gasteiger partial charge < -0.3 is 10.2 Å². The highest BCUT2D eigenvalue weighted by Crippen LogP contribution is 2.26. The van der Waals surface area contributed by atoms with E-state index in [-0.39, 0.29) is 5.69 Å². The zero-order chi connectivity index (χ0) is 16.2. The molecule has 0 saturated heterocycles. The quantitative estimate of drug-likeness (QED) is 0.673. The van der Waals surface area contributed by atoms with Gasteiger partial charge in [-0.15, -0.1) is 0 Å².